The van der Waals surface area contributed by atoms with Gasteiger partial charge in [-0.05, 0) is 23.6 Å². The van der Waals surface area contributed by atoms with Crippen LogP contribution in [0, 0.1) is 0 Å². The number of hydrogen-bond donors (Lipinski definition) is 1. The van der Waals surface area contributed by atoms with E-state index in [2.05, 4.69) is 0 Å². The zero-order valence-corrected chi connectivity index (χ0v) is 10.5. The van der Waals surface area contributed by atoms with E-state index in [9.17, 15) is 9.59 Å². The summed E-state index contributed by atoms with van der Waals surface area (Å²) < 4.78 is 5.12. The average Bonchev–Trinajstić information content (AvgIpc) is 2.26. The molecule has 0 bridgehead atoms. The third-order valence-corrected chi connectivity index (χ3v) is 2.57. The van der Waals surface area contributed by atoms with Crippen LogP contribution in [0.1, 0.15) is 35.7 Å². The van der Waals surface area contributed by atoms with Crippen LogP contribution in [0.15, 0.2) is 12.1 Å². The van der Waals surface area contributed by atoms with Crippen molar-refractivity contribution >= 4 is 23.4 Å². The first-order valence-corrected chi connectivity index (χ1v) is 5.41. The van der Waals surface area contributed by atoms with Crippen molar-refractivity contribution in [3.8, 4) is 5.75 Å². The summed E-state index contributed by atoms with van der Waals surface area (Å²) in [5.74, 6) is -2.20. The Bertz CT molecular complexity index is 466. The minimum Gasteiger partial charge on any atom is -0.496 e. The molecule has 1 aromatic rings. The van der Waals surface area contributed by atoms with Crippen molar-refractivity contribution in [2.75, 3.05) is 7.11 Å². The molecule has 1 rings (SSSR count). The fourth-order valence-electron chi connectivity index (χ4n) is 1.56. The lowest BCUT2D eigenvalue weighted by Crippen LogP contribution is -2.15. The van der Waals surface area contributed by atoms with Crippen LogP contribution in [-0.2, 0) is 4.79 Å². The lowest BCUT2D eigenvalue weighted by Gasteiger charge is -2.15. The van der Waals surface area contributed by atoms with E-state index in [1.54, 1.807) is 6.07 Å². The van der Waals surface area contributed by atoms with Crippen LogP contribution in [0.3, 0.4) is 0 Å². The molecule has 0 fully saturated rings. The molecular formula is C12H13ClO4. The molecular weight excluding hydrogens is 244 g/mol. The zero-order chi connectivity index (χ0) is 13.2. The number of methoxy groups -OCH3 is 1. The Kier molecular flexibility index (Phi) is 4.12. The smallest absolute Gasteiger partial charge is 0.377 e. The van der Waals surface area contributed by atoms with Gasteiger partial charge in [-0.3, -0.25) is 4.79 Å². The van der Waals surface area contributed by atoms with Gasteiger partial charge in [-0.1, -0.05) is 25.4 Å². The summed E-state index contributed by atoms with van der Waals surface area (Å²) in [4.78, 5) is 22.2. The second-order valence-electron chi connectivity index (χ2n) is 3.86. The third-order valence-electron chi connectivity index (χ3n) is 2.35. The minimum atomic E-state index is -1.53. The van der Waals surface area contributed by atoms with E-state index in [1.165, 1.54) is 13.2 Å². The van der Waals surface area contributed by atoms with Gasteiger partial charge in [-0.25, -0.2) is 4.79 Å². The molecule has 0 unspecified atom stereocenters. The number of rotatable bonds is 4. The van der Waals surface area contributed by atoms with E-state index in [4.69, 9.17) is 21.4 Å². The van der Waals surface area contributed by atoms with Gasteiger partial charge in [0.15, 0.2) is 0 Å². The Morgan fingerprint density at radius 1 is 1.35 bits per heavy atom. The van der Waals surface area contributed by atoms with Crippen molar-refractivity contribution < 1.29 is 19.4 Å². The van der Waals surface area contributed by atoms with Gasteiger partial charge in [0.2, 0.25) is 0 Å². The van der Waals surface area contributed by atoms with Gasteiger partial charge in [0.1, 0.15) is 5.75 Å². The van der Waals surface area contributed by atoms with Crippen molar-refractivity contribution in [1.82, 2.24) is 0 Å². The average molecular weight is 257 g/mol. The van der Waals surface area contributed by atoms with Gasteiger partial charge in [-0.2, -0.15) is 0 Å². The summed E-state index contributed by atoms with van der Waals surface area (Å²) in [5.41, 5.74) is 0.695. The van der Waals surface area contributed by atoms with Gasteiger partial charge in [0.25, 0.3) is 5.78 Å². The summed E-state index contributed by atoms with van der Waals surface area (Å²) in [6.45, 7) is 3.81. The van der Waals surface area contributed by atoms with Crippen LogP contribution in [0.2, 0.25) is 5.02 Å². The summed E-state index contributed by atoms with van der Waals surface area (Å²) in [5, 5.41) is 9.05. The van der Waals surface area contributed by atoms with Crippen LogP contribution in [0.25, 0.3) is 0 Å². The normalized spacial score (nSPS) is 10.4. The maximum Gasteiger partial charge on any atom is 0.377 e. The Morgan fingerprint density at radius 3 is 2.35 bits per heavy atom. The van der Waals surface area contributed by atoms with Gasteiger partial charge in [-0.15, -0.1) is 0 Å². The highest BCUT2D eigenvalue weighted by molar-refractivity contribution is 6.41. The van der Waals surface area contributed by atoms with E-state index in [-0.39, 0.29) is 17.2 Å². The molecule has 0 aliphatic heterocycles. The Morgan fingerprint density at radius 2 is 1.94 bits per heavy atom. The quantitative estimate of drug-likeness (QED) is 0.665. The number of halogens is 1. The second kappa shape index (κ2) is 5.19. The molecule has 17 heavy (non-hydrogen) atoms. The molecule has 0 heterocycles. The maximum atomic E-state index is 11.5. The number of carbonyl (C=O) groups excluding carboxylic acids is 1. The van der Waals surface area contributed by atoms with Crippen LogP contribution in [0.4, 0.5) is 0 Å². The van der Waals surface area contributed by atoms with E-state index >= 15 is 0 Å². The van der Waals surface area contributed by atoms with Crippen molar-refractivity contribution in [3.63, 3.8) is 0 Å². The predicted octanol–water partition coefficient (Wildman–Crippen LogP) is 2.74. The number of benzene rings is 1. The molecule has 5 heteroatoms. The molecule has 1 aromatic carbocycles. The molecule has 0 aliphatic rings. The van der Waals surface area contributed by atoms with Gasteiger partial charge >= 0.3 is 5.97 Å². The van der Waals surface area contributed by atoms with E-state index in [1.807, 2.05) is 13.8 Å². The molecule has 1 N–H and O–H groups in total. The monoisotopic (exact) mass is 256 g/mol. The standard InChI is InChI=1S/C12H13ClO4/c1-6(2)8-4-7(13)5-9(11(8)17-3)10(14)12(15)16/h4-6H,1-3H3,(H,15,16). The number of hydrogen-bond acceptors (Lipinski definition) is 3. The Labute approximate surface area is 104 Å². The first-order chi connectivity index (χ1) is 7.88. The molecule has 92 valence electrons. The number of carbonyl (C=O) groups is 2. The van der Waals surface area contributed by atoms with Crippen LogP contribution >= 0.6 is 11.6 Å². The fourth-order valence-corrected chi connectivity index (χ4v) is 1.78. The SMILES string of the molecule is COc1c(C(=O)C(=O)O)cc(Cl)cc1C(C)C. The van der Waals surface area contributed by atoms with Crippen LogP contribution in [-0.4, -0.2) is 24.0 Å². The molecule has 0 amide bonds. The minimum absolute atomic E-state index is 0.0174. The number of aliphatic carboxylic acids is 1. The van der Waals surface area contributed by atoms with Gasteiger partial charge < -0.3 is 9.84 Å². The highest BCUT2D eigenvalue weighted by atomic mass is 35.5. The van der Waals surface area contributed by atoms with E-state index in [0.29, 0.717) is 10.6 Å². The number of Topliss-reactive ketones (excluding diaryl/α,β-unsaturated/α-hetero) is 1. The first kappa shape index (κ1) is 13.5. The van der Waals surface area contributed by atoms with Gasteiger partial charge in [0.05, 0.1) is 12.7 Å². The second-order valence-corrected chi connectivity index (χ2v) is 4.30. The van der Waals surface area contributed by atoms with Crippen molar-refractivity contribution in [2.45, 2.75) is 19.8 Å². The van der Waals surface area contributed by atoms with E-state index in [0.717, 1.165) is 0 Å². The molecule has 0 aromatic heterocycles. The van der Waals surface area contributed by atoms with Crippen molar-refractivity contribution in [1.29, 1.82) is 0 Å². The maximum absolute atomic E-state index is 11.5. The summed E-state index contributed by atoms with van der Waals surface area (Å²) >= 11 is 5.87. The van der Waals surface area contributed by atoms with Crippen LogP contribution < -0.4 is 4.74 Å². The summed E-state index contributed by atoms with van der Waals surface area (Å²) in [6.07, 6.45) is 0. The fraction of sp³-hybridized carbons (Fsp3) is 0.333. The van der Waals surface area contributed by atoms with Crippen LogP contribution in [0.5, 0.6) is 5.75 Å². The first-order valence-electron chi connectivity index (χ1n) is 5.03. The largest absolute Gasteiger partial charge is 0.496 e. The molecule has 0 saturated carbocycles. The topological polar surface area (TPSA) is 63.6 Å². The van der Waals surface area contributed by atoms with Crippen molar-refractivity contribution in [3.05, 3.63) is 28.3 Å². The molecule has 4 nitrogen and oxygen atoms in total. The number of ketones is 1. The van der Waals surface area contributed by atoms with Gasteiger partial charge in [0, 0.05) is 5.02 Å². The van der Waals surface area contributed by atoms with Crippen molar-refractivity contribution in [2.24, 2.45) is 0 Å². The molecule has 0 atom stereocenters. The van der Waals surface area contributed by atoms with E-state index < -0.39 is 11.8 Å². The molecule has 0 radical (unpaired) electrons. The lowest BCUT2D eigenvalue weighted by molar-refractivity contribution is -0.131. The Hall–Kier alpha value is -1.55. The highest BCUT2D eigenvalue weighted by Crippen LogP contribution is 2.33. The summed E-state index contributed by atoms with van der Waals surface area (Å²) in [6, 6.07) is 2.98. The molecule has 0 saturated heterocycles. The third kappa shape index (κ3) is 2.77. The highest BCUT2D eigenvalue weighted by Gasteiger charge is 2.23. The number of ether oxygens (including phenoxy) is 1. The number of carboxylic acids is 1. The lowest BCUT2D eigenvalue weighted by atomic mass is 9.97. The number of carboxylic acid groups (broad SMARTS) is 1. The summed E-state index contributed by atoms with van der Waals surface area (Å²) in [7, 11) is 1.40. The molecule has 0 spiro atoms. The zero-order valence-electron chi connectivity index (χ0n) is 9.78. The Balaban J connectivity index is 3.48. The predicted molar refractivity (Wildman–Crippen MR) is 64.1 cm³/mol. The molecule has 0 aliphatic carbocycles.